The Morgan fingerprint density at radius 3 is 2.07 bits per heavy atom. The lowest BCUT2D eigenvalue weighted by Crippen LogP contribution is -2.52. The molecule has 1 aliphatic carbocycles. The average molecular weight is 593 g/mol. The second kappa shape index (κ2) is 11.3. The molecule has 210 valence electrons. The van der Waals surface area contributed by atoms with Crippen molar-refractivity contribution < 1.29 is 31.8 Å². The fourth-order valence-corrected chi connectivity index (χ4v) is 5.98. The van der Waals surface area contributed by atoms with Crippen molar-refractivity contribution in [2.75, 3.05) is 6.54 Å². The van der Waals surface area contributed by atoms with Crippen LogP contribution in [0.3, 0.4) is 0 Å². The fourth-order valence-electron chi connectivity index (χ4n) is 4.83. The van der Waals surface area contributed by atoms with Crippen LogP contribution < -0.4 is 4.18 Å². The minimum Gasteiger partial charge on any atom is -0.379 e. The maximum absolute atomic E-state index is 13.6. The van der Waals surface area contributed by atoms with E-state index in [0.29, 0.717) is 12.8 Å². The molecule has 0 unspecified atom stereocenters. The van der Waals surface area contributed by atoms with E-state index in [0.717, 1.165) is 15.6 Å². The Balaban J connectivity index is 1.39. The van der Waals surface area contributed by atoms with Gasteiger partial charge < -0.3 is 4.18 Å². The number of ketones is 1. The molecule has 41 heavy (non-hydrogen) atoms. The Morgan fingerprint density at radius 1 is 0.902 bits per heavy atom. The van der Waals surface area contributed by atoms with Gasteiger partial charge in [0.2, 0.25) is 0 Å². The Kier molecular flexibility index (Phi) is 7.79. The van der Waals surface area contributed by atoms with Crippen LogP contribution in [-0.4, -0.2) is 48.5 Å². The van der Waals surface area contributed by atoms with Crippen LogP contribution in [0, 0.1) is 18.8 Å². The Morgan fingerprint density at radius 2 is 1.49 bits per heavy atom. The van der Waals surface area contributed by atoms with E-state index in [2.05, 4.69) is 0 Å². The average Bonchev–Trinajstić information content (AvgIpc) is 3.21. The number of aryl methyl sites for hydroxylation is 1. The normalized spacial score (nSPS) is 18.2. The zero-order valence-corrected chi connectivity index (χ0v) is 23.5. The van der Waals surface area contributed by atoms with Crippen molar-refractivity contribution >= 4 is 45.2 Å². The molecule has 0 N–H and O–H groups in total. The number of benzene rings is 3. The van der Waals surface area contributed by atoms with E-state index >= 15 is 0 Å². The van der Waals surface area contributed by atoms with Crippen LogP contribution in [0.5, 0.6) is 5.75 Å². The number of nitrogens with zero attached hydrogens (tertiary/aromatic N) is 2. The minimum atomic E-state index is -4.10. The van der Waals surface area contributed by atoms with E-state index in [1.54, 1.807) is 24.3 Å². The van der Waals surface area contributed by atoms with Crippen LogP contribution in [0.4, 0.5) is 0 Å². The van der Waals surface area contributed by atoms with Crippen molar-refractivity contribution in [3.63, 3.8) is 0 Å². The zero-order chi connectivity index (χ0) is 29.3. The molecule has 0 bridgehead atoms. The van der Waals surface area contributed by atoms with Crippen LogP contribution in [0.25, 0.3) is 0 Å². The van der Waals surface area contributed by atoms with Gasteiger partial charge in [0.1, 0.15) is 17.2 Å². The third-order valence-corrected chi connectivity index (χ3v) is 8.64. The molecule has 11 heteroatoms. The fraction of sp³-hybridized carbons (Fsp3) is 0.200. The number of allylic oxidation sites excluding steroid dienone is 2. The summed E-state index contributed by atoms with van der Waals surface area (Å²) in [6.45, 7) is 1.20. The minimum absolute atomic E-state index is 0.0207. The molecule has 1 aliphatic heterocycles. The predicted molar refractivity (Wildman–Crippen MR) is 149 cm³/mol. The van der Waals surface area contributed by atoms with Crippen molar-refractivity contribution in [2.24, 2.45) is 11.8 Å². The standard InChI is InChI=1S/C30H25ClN2O7S/c1-19-10-16-22(17-11-19)41(38,39)40-21-14-12-20(13-15-21)27(34)18-32(28(35)25-8-4-5-9-26(25)31)33-29(36)23-6-2-3-7-24(23)30(33)37/h2-5,8-17,23-24H,6-7,18H2,1H3/t23-,24-/m0/s1. The van der Waals surface area contributed by atoms with Crippen molar-refractivity contribution in [2.45, 2.75) is 24.7 Å². The molecule has 5 rings (SSSR count). The molecule has 0 spiro atoms. The van der Waals surface area contributed by atoms with Crippen molar-refractivity contribution in [1.29, 1.82) is 0 Å². The molecule has 0 radical (unpaired) electrons. The number of carbonyl (C=O) groups is 4. The van der Waals surface area contributed by atoms with Gasteiger partial charge in [-0.15, -0.1) is 0 Å². The smallest absolute Gasteiger partial charge is 0.339 e. The first kappa shape index (κ1) is 28.3. The lowest BCUT2D eigenvalue weighted by atomic mass is 9.85. The summed E-state index contributed by atoms with van der Waals surface area (Å²) in [5, 5.41) is 1.72. The summed E-state index contributed by atoms with van der Waals surface area (Å²) in [6.07, 6.45) is 4.37. The second-order valence-electron chi connectivity index (χ2n) is 9.78. The highest BCUT2D eigenvalue weighted by molar-refractivity contribution is 7.87. The first-order chi connectivity index (χ1) is 19.6. The predicted octanol–water partition coefficient (Wildman–Crippen LogP) is 4.61. The number of hydrazine groups is 1. The van der Waals surface area contributed by atoms with Crippen LogP contribution in [0.2, 0.25) is 5.02 Å². The number of amides is 3. The van der Waals surface area contributed by atoms with Crippen LogP contribution >= 0.6 is 11.6 Å². The molecular formula is C30H25ClN2O7S. The van der Waals surface area contributed by atoms with Gasteiger partial charge in [0.15, 0.2) is 5.78 Å². The van der Waals surface area contributed by atoms with E-state index in [1.807, 2.05) is 19.1 Å². The lowest BCUT2D eigenvalue weighted by molar-refractivity contribution is -0.154. The van der Waals surface area contributed by atoms with Crippen molar-refractivity contribution in [3.8, 4) is 5.75 Å². The Bertz CT molecular complexity index is 1640. The van der Waals surface area contributed by atoms with E-state index in [9.17, 15) is 27.6 Å². The zero-order valence-electron chi connectivity index (χ0n) is 21.9. The topological polar surface area (TPSA) is 118 Å². The summed E-state index contributed by atoms with van der Waals surface area (Å²) in [4.78, 5) is 53.6. The molecule has 3 aromatic carbocycles. The molecule has 1 fully saturated rings. The molecule has 2 atom stereocenters. The molecule has 9 nitrogen and oxygen atoms in total. The molecule has 0 aromatic heterocycles. The number of rotatable bonds is 8. The molecule has 1 saturated heterocycles. The third-order valence-electron chi connectivity index (χ3n) is 7.05. The van der Waals surface area contributed by atoms with Gasteiger partial charge in [0, 0.05) is 5.56 Å². The summed E-state index contributed by atoms with van der Waals surface area (Å²) in [7, 11) is -4.10. The number of carbonyl (C=O) groups excluding carboxylic acids is 4. The van der Waals surface area contributed by atoms with Gasteiger partial charge in [0.25, 0.3) is 17.7 Å². The van der Waals surface area contributed by atoms with Gasteiger partial charge in [-0.2, -0.15) is 13.4 Å². The molecule has 0 saturated carbocycles. The lowest BCUT2D eigenvalue weighted by Gasteiger charge is -2.30. The second-order valence-corrected chi connectivity index (χ2v) is 11.7. The highest BCUT2D eigenvalue weighted by Crippen LogP contribution is 2.36. The largest absolute Gasteiger partial charge is 0.379 e. The summed E-state index contributed by atoms with van der Waals surface area (Å²) in [5.74, 6) is -3.72. The SMILES string of the molecule is Cc1ccc(S(=O)(=O)Oc2ccc(C(=O)CN(C(=O)c3ccccc3Cl)N3C(=O)[C@H]4CC=CC[C@@H]4C3=O)cc2)cc1. The first-order valence-electron chi connectivity index (χ1n) is 12.8. The molecule has 1 heterocycles. The number of hydrogen-bond donors (Lipinski definition) is 0. The quantitative estimate of drug-likeness (QED) is 0.162. The van der Waals surface area contributed by atoms with E-state index in [-0.39, 0.29) is 26.8 Å². The maximum Gasteiger partial charge on any atom is 0.339 e. The summed E-state index contributed by atoms with van der Waals surface area (Å²) in [6, 6.07) is 17.6. The molecule has 2 aliphatic rings. The number of imide groups is 1. The van der Waals surface area contributed by atoms with Crippen LogP contribution in [-0.2, 0) is 19.7 Å². The number of fused-ring (bicyclic) bond motifs is 1. The van der Waals surface area contributed by atoms with E-state index in [4.69, 9.17) is 15.8 Å². The molecule has 3 aromatic rings. The van der Waals surface area contributed by atoms with Gasteiger partial charge in [-0.05, 0) is 68.3 Å². The monoisotopic (exact) mass is 592 g/mol. The van der Waals surface area contributed by atoms with Gasteiger partial charge in [0.05, 0.1) is 22.4 Å². The summed E-state index contributed by atoms with van der Waals surface area (Å²) < 4.78 is 30.4. The van der Waals surface area contributed by atoms with Gasteiger partial charge >= 0.3 is 10.1 Å². The number of hydrogen-bond acceptors (Lipinski definition) is 7. The third kappa shape index (κ3) is 5.66. The number of halogens is 1. The molecule has 3 amide bonds. The highest BCUT2D eigenvalue weighted by atomic mass is 35.5. The Hall–Kier alpha value is -4.28. The summed E-state index contributed by atoms with van der Waals surface area (Å²) >= 11 is 6.25. The van der Waals surface area contributed by atoms with E-state index in [1.165, 1.54) is 48.5 Å². The van der Waals surface area contributed by atoms with Crippen LogP contribution in [0.15, 0.2) is 89.8 Å². The maximum atomic E-state index is 13.6. The van der Waals surface area contributed by atoms with Gasteiger partial charge in [-0.1, -0.05) is 53.6 Å². The first-order valence-corrected chi connectivity index (χ1v) is 14.6. The Labute approximate surface area is 242 Å². The van der Waals surface area contributed by atoms with E-state index < -0.39 is 52.0 Å². The van der Waals surface area contributed by atoms with Crippen LogP contribution in [0.1, 0.15) is 39.1 Å². The molecular weight excluding hydrogens is 568 g/mol. The highest BCUT2D eigenvalue weighted by Gasteiger charge is 2.51. The van der Waals surface area contributed by atoms with Crippen molar-refractivity contribution in [3.05, 3.63) is 107 Å². The summed E-state index contributed by atoms with van der Waals surface area (Å²) in [5.41, 5.74) is 1.03. The number of Topliss-reactive ketones (excluding diaryl/α,β-unsaturated/α-hetero) is 1. The van der Waals surface area contributed by atoms with Gasteiger partial charge in [-0.3, -0.25) is 19.2 Å². The van der Waals surface area contributed by atoms with Gasteiger partial charge in [-0.25, -0.2) is 5.01 Å². The van der Waals surface area contributed by atoms with Crippen molar-refractivity contribution in [1.82, 2.24) is 10.0 Å².